The molecule has 0 amide bonds. The van der Waals surface area contributed by atoms with Gasteiger partial charge in [-0.05, 0) is 29.5 Å². The van der Waals surface area contributed by atoms with Crippen LogP contribution in [-0.4, -0.2) is 25.7 Å². The number of fused-ring (bicyclic) bond motifs is 1. The number of rotatable bonds is 7. The van der Waals surface area contributed by atoms with E-state index in [0.29, 0.717) is 23.9 Å². The van der Waals surface area contributed by atoms with E-state index in [9.17, 15) is 9.90 Å². The number of aromatic amines is 1. The van der Waals surface area contributed by atoms with Gasteiger partial charge in [0.2, 0.25) is 5.16 Å². The third-order valence-corrected chi connectivity index (χ3v) is 5.42. The first kappa shape index (κ1) is 19.0. The number of aryl methyl sites for hydroxylation is 1. The third-order valence-electron chi connectivity index (χ3n) is 4.55. The maximum atomic E-state index is 11.7. The van der Waals surface area contributed by atoms with E-state index in [0.717, 1.165) is 28.2 Å². The number of carbonyl (C=O) groups is 1. The molecule has 0 atom stereocenters. The molecule has 0 unspecified atom stereocenters. The summed E-state index contributed by atoms with van der Waals surface area (Å²) in [5.74, 6) is -0.539. The Hall–Kier alpha value is -3.32. The number of aliphatic carboxylic acids is 1. The van der Waals surface area contributed by atoms with E-state index < -0.39 is 5.97 Å². The number of hydrogen-bond acceptors (Lipinski definition) is 5. The van der Waals surface area contributed by atoms with Gasteiger partial charge in [0.05, 0.1) is 5.97 Å². The molecule has 0 saturated heterocycles. The zero-order valence-electron chi connectivity index (χ0n) is 15.8. The van der Waals surface area contributed by atoms with Gasteiger partial charge in [-0.1, -0.05) is 55.5 Å². The molecule has 6 nitrogen and oxygen atoms in total. The number of carboxylic acids is 1. The molecule has 7 heteroatoms. The molecule has 29 heavy (non-hydrogen) atoms. The van der Waals surface area contributed by atoms with Crippen molar-refractivity contribution in [2.24, 2.45) is 0 Å². The van der Waals surface area contributed by atoms with Crippen molar-refractivity contribution in [3.8, 4) is 0 Å². The second kappa shape index (κ2) is 8.36. The highest BCUT2D eigenvalue weighted by molar-refractivity contribution is 8.04. The summed E-state index contributed by atoms with van der Waals surface area (Å²) in [6.45, 7) is 2.65. The number of hydrogen-bond donors (Lipinski definition) is 1. The Bertz CT molecular complexity index is 1180. The zero-order valence-corrected chi connectivity index (χ0v) is 16.6. The molecule has 0 bridgehead atoms. The molecule has 0 radical (unpaired) electrons. The van der Waals surface area contributed by atoms with Gasteiger partial charge in [0.25, 0.3) is 0 Å². The molecular formula is C22H19N4O2S-. The summed E-state index contributed by atoms with van der Waals surface area (Å²) >= 11 is 0.986. The van der Waals surface area contributed by atoms with Crippen LogP contribution in [0.25, 0.3) is 17.0 Å². The lowest BCUT2D eigenvalue weighted by Gasteiger charge is -2.05. The van der Waals surface area contributed by atoms with Crippen LogP contribution in [0.2, 0.25) is 0 Å². The lowest BCUT2D eigenvalue weighted by molar-refractivity contribution is -0.297. The summed E-state index contributed by atoms with van der Waals surface area (Å²) in [7, 11) is 0. The fourth-order valence-corrected chi connectivity index (χ4v) is 3.87. The van der Waals surface area contributed by atoms with Crippen LogP contribution in [0, 0.1) is 0 Å². The lowest BCUT2D eigenvalue weighted by atomic mass is 10.1. The van der Waals surface area contributed by atoms with E-state index in [1.807, 2.05) is 55.6 Å². The number of nitrogens with zero attached hydrogens (tertiary/aromatic N) is 3. The predicted octanol–water partition coefficient (Wildman–Crippen LogP) is 3.25. The number of carbonyl (C=O) groups excluding carboxylic acids is 1. The molecule has 0 spiro atoms. The fraction of sp³-hybridized carbons (Fsp3) is 0.136. The van der Waals surface area contributed by atoms with E-state index in [-0.39, 0.29) is 4.91 Å². The van der Waals surface area contributed by atoms with Crippen molar-refractivity contribution in [1.82, 2.24) is 19.7 Å². The smallest absolute Gasteiger partial charge is 0.213 e. The van der Waals surface area contributed by atoms with Gasteiger partial charge in [0, 0.05) is 40.5 Å². The molecule has 0 saturated carbocycles. The summed E-state index contributed by atoms with van der Waals surface area (Å²) < 4.78 is 2.12. The van der Waals surface area contributed by atoms with E-state index in [4.69, 9.17) is 0 Å². The number of aromatic nitrogens is 4. The van der Waals surface area contributed by atoms with Crippen molar-refractivity contribution < 1.29 is 9.90 Å². The number of H-pyrrole nitrogens is 1. The molecule has 0 fully saturated rings. The second-order valence-corrected chi connectivity index (χ2v) is 7.54. The van der Waals surface area contributed by atoms with Crippen molar-refractivity contribution in [3.63, 3.8) is 0 Å². The molecule has 2 aromatic carbocycles. The van der Waals surface area contributed by atoms with Gasteiger partial charge in [-0.25, -0.2) is 4.98 Å². The molecule has 146 valence electrons. The number of thioether (sulfide) groups is 1. The second-order valence-electron chi connectivity index (χ2n) is 6.53. The quantitative estimate of drug-likeness (QED) is 0.378. The topological polar surface area (TPSA) is 86.6 Å². The predicted molar refractivity (Wildman–Crippen MR) is 112 cm³/mol. The van der Waals surface area contributed by atoms with Gasteiger partial charge in [0.1, 0.15) is 5.82 Å². The summed E-state index contributed by atoms with van der Waals surface area (Å²) in [4.78, 5) is 16.1. The highest BCUT2D eigenvalue weighted by Crippen LogP contribution is 2.29. The van der Waals surface area contributed by atoms with Crippen molar-refractivity contribution in [3.05, 3.63) is 82.7 Å². The van der Waals surface area contributed by atoms with Crippen LogP contribution in [0.5, 0.6) is 0 Å². The average Bonchev–Trinajstić information content (AvgIpc) is 3.33. The largest absolute Gasteiger partial charge is 0.544 e. The Kier molecular flexibility index (Phi) is 5.48. The highest BCUT2D eigenvalue weighted by Gasteiger charge is 2.12. The first-order valence-electron chi connectivity index (χ1n) is 9.28. The van der Waals surface area contributed by atoms with Gasteiger partial charge in [-0.3, -0.25) is 5.10 Å². The molecule has 2 aromatic heterocycles. The van der Waals surface area contributed by atoms with Gasteiger partial charge in [-0.2, -0.15) is 0 Å². The minimum atomic E-state index is -1.25. The number of nitrogens with one attached hydrogen (secondary N) is 1. The molecule has 2 heterocycles. The van der Waals surface area contributed by atoms with Crippen molar-refractivity contribution in [1.29, 1.82) is 0 Å². The monoisotopic (exact) mass is 403 g/mol. The van der Waals surface area contributed by atoms with Crippen molar-refractivity contribution in [2.45, 2.75) is 25.0 Å². The van der Waals surface area contributed by atoms with Gasteiger partial charge >= 0.3 is 0 Å². The molecule has 1 N–H and O–H groups in total. The average molecular weight is 403 g/mol. The molecule has 0 aliphatic rings. The molecular weight excluding hydrogens is 384 g/mol. The van der Waals surface area contributed by atoms with Crippen LogP contribution < -0.4 is 5.11 Å². The Morgan fingerprint density at radius 2 is 1.93 bits per heavy atom. The third kappa shape index (κ3) is 4.25. The number of carboxylic acid groups (broad SMARTS) is 1. The minimum Gasteiger partial charge on any atom is -0.544 e. The minimum absolute atomic E-state index is 0.0641. The normalized spacial score (nSPS) is 11.8. The molecule has 0 aliphatic heterocycles. The highest BCUT2D eigenvalue weighted by atomic mass is 32.2. The first-order chi connectivity index (χ1) is 14.1. The Balaban J connectivity index is 1.72. The van der Waals surface area contributed by atoms with Crippen LogP contribution in [0.15, 0.2) is 70.9 Å². The van der Waals surface area contributed by atoms with Crippen LogP contribution in [0.4, 0.5) is 0 Å². The van der Waals surface area contributed by atoms with Crippen LogP contribution >= 0.6 is 11.8 Å². The van der Waals surface area contributed by atoms with Crippen molar-refractivity contribution in [2.75, 3.05) is 0 Å². The Labute approximate surface area is 172 Å². The Morgan fingerprint density at radius 3 is 2.66 bits per heavy atom. The van der Waals surface area contributed by atoms with E-state index in [2.05, 4.69) is 31.9 Å². The maximum Gasteiger partial charge on any atom is 0.213 e. The van der Waals surface area contributed by atoms with Crippen LogP contribution in [-0.2, 0) is 17.8 Å². The van der Waals surface area contributed by atoms with Gasteiger partial charge in [-0.15, -0.1) is 5.10 Å². The maximum absolute atomic E-state index is 11.7. The van der Waals surface area contributed by atoms with Crippen molar-refractivity contribution >= 4 is 34.7 Å². The standard InChI is InChI=1S/C22H20N4O2S/c1-2-20-23-22(25-24-20)29-19(21(27)28)12-16-14-26(13-15-8-4-3-5-9-15)18-11-7-6-10-17(16)18/h3-12,14H,2,13H2,1H3,(H,27,28)(H,23,24,25)/p-1/b19-12-. The summed E-state index contributed by atoms with van der Waals surface area (Å²) in [6, 6.07) is 18.1. The van der Waals surface area contributed by atoms with Crippen LogP contribution in [0.3, 0.4) is 0 Å². The van der Waals surface area contributed by atoms with Gasteiger partial charge in [0.15, 0.2) is 0 Å². The summed E-state index contributed by atoms with van der Waals surface area (Å²) in [5, 5.41) is 20.0. The van der Waals surface area contributed by atoms with Crippen LogP contribution in [0.1, 0.15) is 23.9 Å². The lowest BCUT2D eigenvalue weighted by Crippen LogP contribution is -2.23. The zero-order chi connectivity index (χ0) is 20.2. The van der Waals surface area contributed by atoms with E-state index in [1.54, 1.807) is 6.08 Å². The Morgan fingerprint density at radius 1 is 1.17 bits per heavy atom. The molecule has 4 rings (SSSR count). The van der Waals surface area contributed by atoms with E-state index in [1.165, 1.54) is 5.56 Å². The first-order valence-corrected chi connectivity index (χ1v) is 10.1. The summed E-state index contributed by atoms with van der Waals surface area (Å²) in [5.41, 5.74) is 3.03. The SMILES string of the molecule is CCc1nc(S/C(=C\c2cn(Cc3ccccc3)c3ccccc23)C(=O)[O-])n[nH]1. The number of benzene rings is 2. The number of para-hydroxylation sites is 1. The molecule has 4 aromatic rings. The van der Waals surface area contributed by atoms with E-state index >= 15 is 0 Å². The fourth-order valence-electron chi connectivity index (χ4n) is 3.15. The molecule has 0 aliphatic carbocycles. The van der Waals surface area contributed by atoms with Gasteiger partial charge < -0.3 is 14.5 Å². The summed E-state index contributed by atoms with van der Waals surface area (Å²) in [6.07, 6.45) is 4.30.